The van der Waals surface area contributed by atoms with Crippen LogP contribution in [-0.2, 0) is 14.3 Å². The van der Waals surface area contributed by atoms with Crippen LogP contribution < -0.4 is 0 Å². The van der Waals surface area contributed by atoms with E-state index in [2.05, 4.69) is 11.8 Å². The monoisotopic (exact) mass is 168 g/mol. The molecule has 0 aromatic heterocycles. The predicted octanol–water partition coefficient (Wildman–Crippen LogP) is 0.589. The minimum absolute atomic E-state index is 0.185. The van der Waals surface area contributed by atoms with E-state index in [1.54, 1.807) is 6.92 Å². The van der Waals surface area contributed by atoms with Crippen LogP contribution in [0.3, 0.4) is 0 Å². The molecule has 3 nitrogen and oxygen atoms in total. The lowest BCUT2D eigenvalue weighted by atomic mass is 9.89. The Morgan fingerprint density at radius 3 is 2.75 bits per heavy atom. The van der Waals surface area contributed by atoms with Gasteiger partial charge in [-0.25, -0.2) is 0 Å². The first-order valence-corrected chi connectivity index (χ1v) is 3.83. The third kappa shape index (κ3) is 1.77. The molecule has 0 amide bonds. The van der Waals surface area contributed by atoms with Gasteiger partial charge in [0.2, 0.25) is 0 Å². The van der Waals surface area contributed by atoms with Crippen molar-refractivity contribution in [1.82, 2.24) is 0 Å². The van der Waals surface area contributed by atoms with E-state index in [0.29, 0.717) is 13.2 Å². The third-order valence-electron chi connectivity index (χ3n) is 1.79. The van der Waals surface area contributed by atoms with Crippen LogP contribution in [-0.4, -0.2) is 25.8 Å². The van der Waals surface area contributed by atoms with Crippen molar-refractivity contribution in [2.45, 2.75) is 13.8 Å². The Hall–Kier alpha value is -1.01. The Kier molecular flexibility index (Phi) is 2.72. The maximum absolute atomic E-state index is 11.3. The molecule has 3 heteroatoms. The van der Waals surface area contributed by atoms with Gasteiger partial charge in [-0.15, -0.1) is 5.92 Å². The van der Waals surface area contributed by atoms with Gasteiger partial charge in [0.15, 0.2) is 6.61 Å². The second kappa shape index (κ2) is 3.59. The first-order valence-electron chi connectivity index (χ1n) is 3.83. The van der Waals surface area contributed by atoms with Crippen molar-refractivity contribution in [1.29, 1.82) is 0 Å². The highest BCUT2D eigenvalue weighted by molar-refractivity contribution is 5.77. The second-order valence-electron chi connectivity index (χ2n) is 3.06. The summed E-state index contributed by atoms with van der Waals surface area (Å²) < 4.78 is 9.83. The molecule has 0 aromatic rings. The molecule has 0 N–H and O–H groups in total. The van der Waals surface area contributed by atoms with Crippen LogP contribution in [0.2, 0.25) is 0 Å². The zero-order valence-corrected chi connectivity index (χ0v) is 7.35. The fraction of sp³-hybridized carbons (Fsp3) is 0.667. The molecule has 0 bridgehead atoms. The summed E-state index contributed by atoms with van der Waals surface area (Å²) in [6, 6.07) is 0. The van der Waals surface area contributed by atoms with Crippen molar-refractivity contribution in [3.63, 3.8) is 0 Å². The molecule has 0 radical (unpaired) electrons. The van der Waals surface area contributed by atoms with Gasteiger partial charge in [0.05, 0.1) is 13.2 Å². The maximum Gasteiger partial charge on any atom is 0.317 e. The summed E-state index contributed by atoms with van der Waals surface area (Å²) in [5.41, 5.74) is -0.421. The summed E-state index contributed by atoms with van der Waals surface area (Å²) in [6.07, 6.45) is 0. The summed E-state index contributed by atoms with van der Waals surface area (Å²) in [5.74, 6) is 5.11. The topological polar surface area (TPSA) is 35.5 Å². The van der Waals surface area contributed by atoms with Gasteiger partial charge in [0, 0.05) is 0 Å². The Morgan fingerprint density at radius 1 is 1.67 bits per heavy atom. The van der Waals surface area contributed by atoms with Gasteiger partial charge in [-0.1, -0.05) is 5.92 Å². The number of carbonyl (C=O) groups excluding carboxylic acids is 1. The lowest BCUT2D eigenvalue weighted by Gasteiger charge is -2.34. The Morgan fingerprint density at radius 2 is 2.33 bits per heavy atom. The fourth-order valence-corrected chi connectivity index (χ4v) is 0.874. The number of ether oxygens (including phenoxy) is 2. The van der Waals surface area contributed by atoms with E-state index in [9.17, 15) is 4.79 Å². The minimum Gasteiger partial charge on any atom is -0.452 e. The van der Waals surface area contributed by atoms with E-state index < -0.39 is 5.41 Å². The molecule has 0 aromatic carbocycles. The number of carbonyl (C=O) groups is 1. The molecule has 1 aliphatic rings. The molecule has 1 fully saturated rings. The van der Waals surface area contributed by atoms with E-state index >= 15 is 0 Å². The van der Waals surface area contributed by atoms with Crippen LogP contribution in [0.1, 0.15) is 13.8 Å². The minimum atomic E-state index is -0.421. The molecule has 1 heterocycles. The molecule has 1 rings (SSSR count). The fourth-order valence-electron chi connectivity index (χ4n) is 0.874. The highest BCUT2D eigenvalue weighted by atomic mass is 16.6. The summed E-state index contributed by atoms with van der Waals surface area (Å²) in [6.45, 7) is 4.65. The smallest absolute Gasteiger partial charge is 0.317 e. The first kappa shape index (κ1) is 9.08. The highest BCUT2D eigenvalue weighted by Crippen LogP contribution is 2.27. The summed E-state index contributed by atoms with van der Waals surface area (Å²) in [5, 5.41) is 0. The average Bonchev–Trinajstić information content (AvgIpc) is 2.00. The lowest BCUT2D eigenvalue weighted by Crippen LogP contribution is -2.47. The number of hydrogen-bond donors (Lipinski definition) is 0. The Balaban J connectivity index is 2.31. The van der Waals surface area contributed by atoms with Crippen molar-refractivity contribution in [2.24, 2.45) is 5.41 Å². The maximum atomic E-state index is 11.3. The van der Waals surface area contributed by atoms with Crippen molar-refractivity contribution in [2.75, 3.05) is 19.8 Å². The molecule has 0 unspecified atom stereocenters. The van der Waals surface area contributed by atoms with Crippen LogP contribution >= 0.6 is 0 Å². The average molecular weight is 168 g/mol. The van der Waals surface area contributed by atoms with Gasteiger partial charge in [-0.05, 0) is 13.8 Å². The predicted molar refractivity (Wildman–Crippen MR) is 43.3 cm³/mol. The second-order valence-corrected chi connectivity index (χ2v) is 3.06. The van der Waals surface area contributed by atoms with E-state index in [0.717, 1.165) is 0 Å². The van der Waals surface area contributed by atoms with Crippen molar-refractivity contribution in [3.8, 4) is 11.8 Å². The van der Waals surface area contributed by atoms with Gasteiger partial charge in [0.25, 0.3) is 0 Å². The van der Waals surface area contributed by atoms with Crippen LogP contribution in [0.5, 0.6) is 0 Å². The SMILES string of the molecule is CC#CCOC(=O)C1(C)COC1. The van der Waals surface area contributed by atoms with Gasteiger partial charge < -0.3 is 9.47 Å². The number of rotatable bonds is 2. The molecular weight excluding hydrogens is 156 g/mol. The molecule has 0 aliphatic carbocycles. The summed E-state index contributed by atoms with van der Waals surface area (Å²) in [4.78, 5) is 11.3. The standard InChI is InChI=1S/C9H12O3/c1-3-4-5-12-8(10)9(2)6-11-7-9/h5-7H2,1-2H3. The van der Waals surface area contributed by atoms with Gasteiger partial charge in [-0.3, -0.25) is 4.79 Å². The largest absolute Gasteiger partial charge is 0.452 e. The molecule has 0 spiro atoms. The molecule has 12 heavy (non-hydrogen) atoms. The van der Waals surface area contributed by atoms with Gasteiger partial charge in [0.1, 0.15) is 5.41 Å². The number of hydrogen-bond acceptors (Lipinski definition) is 3. The van der Waals surface area contributed by atoms with Crippen LogP contribution in [0, 0.1) is 17.3 Å². The first-order chi connectivity index (χ1) is 5.69. The van der Waals surface area contributed by atoms with Crippen LogP contribution in [0.15, 0.2) is 0 Å². The van der Waals surface area contributed by atoms with E-state index in [4.69, 9.17) is 9.47 Å². The van der Waals surface area contributed by atoms with Crippen molar-refractivity contribution < 1.29 is 14.3 Å². The molecule has 66 valence electrons. The molecule has 0 atom stereocenters. The number of esters is 1. The van der Waals surface area contributed by atoms with E-state index in [-0.39, 0.29) is 12.6 Å². The quantitative estimate of drug-likeness (QED) is 0.447. The summed E-state index contributed by atoms with van der Waals surface area (Å²) in [7, 11) is 0. The summed E-state index contributed by atoms with van der Waals surface area (Å²) >= 11 is 0. The van der Waals surface area contributed by atoms with Crippen LogP contribution in [0.4, 0.5) is 0 Å². The lowest BCUT2D eigenvalue weighted by molar-refractivity contribution is -0.180. The zero-order valence-electron chi connectivity index (χ0n) is 7.35. The molecule has 1 saturated heterocycles. The van der Waals surface area contributed by atoms with Gasteiger partial charge >= 0.3 is 5.97 Å². The van der Waals surface area contributed by atoms with E-state index in [1.807, 2.05) is 6.92 Å². The Bertz CT molecular complexity index is 230. The molecule has 1 aliphatic heterocycles. The normalized spacial score (nSPS) is 18.5. The van der Waals surface area contributed by atoms with Crippen molar-refractivity contribution >= 4 is 5.97 Å². The molecule has 0 saturated carbocycles. The zero-order chi connectivity index (χ0) is 9.03. The third-order valence-corrected chi connectivity index (χ3v) is 1.79. The molecular formula is C9H12O3. The van der Waals surface area contributed by atoms with E-state index in [1.165, 1.54) is 0 Å². The van der Waals surface area contributed by atoms with Crippen molar-refractivity contribution in [3.05, 3.63) is 0 Å². The van der Waals surface area contributed by atoms with Crippen LogP contribution in [0.25, 0.3) is 0 Å². The Labute approximate surface area is 72.0 Å². The van der Waals surface area contributed by atoms with Gasteiger partial charge in [-0.2, -0.15) is 0 Å². The highest BCUT2D eigenvalue weighted by Gasteiger charge is 2.42.